The molecule has 1 aliphatic rings. The van der Waals surface area contributed by atoms with Crippen molar-refractivity contribution in [2.45, 2.75) is 38.7 Å². The zero-order valence-corrected chi connectivity index (χ0v) is 15.1. The van der Waals surface area contributed by atoms with Gasteiger partial charge in [-0.25, -0.2) is 0 Å². The third-order valence-corrected chi connectivity index (χ3v) is 4.68. The van der Waals surface area contributed by atoms with Crippen LogP contribution in [-0.4, -0.2) is 26.0 Å². The molecule has 0 saturated carbocycles. The van der Waals surface area contributed by atoms with Crippen molar-refractivity contribution < 1.29 is 0 Å². The highest BCUT2D eigenvalue weighted by molar-refractivity contribution is 6.20. The molecular formula is C19H20ClN5. The predicted octanol–water partition coefficient (Wildman–Crippen LogP) is 4.13. The first-order valence-corrected chi connectivity index (χ1v) is 8.92. The molecule has 2 aromatic heterocycles. The van der Waals surface area contributed by atoms with Crippen LogP contribution in [0.25, 0.3) is 10.9 Å². The number of aliphatic imine (C=N–C) groups is 1. The molecular weight excluding hydrogens is 334 g/mol. The summed E-state index contributed by atoms with van der Waals surface area (Å²) in [7, 11) is 0. The molecule has 1 atom stereocenters. The van der Waals surface area contributed by atoms with E-state index in [1.54, 1.807) is 6.20 Å². The monoisotopic (exact) mass is 353 g/mol. The largest absolute Gasteiger partial charge is 0.339 e. The van der Waals surface area contributed by atoms with Crippen molar-refractivity contribution in [2.75, 3.05) is 5.32 Å². The first-order valence-electron chi connectivity index (χ1n) is 8.49. The number of aryl methyl sites for hydroxylation is 2. The average Bonchev–Trinajstić information content (AvgIpc) is 3.15. The standard InChI is InChI=1S/C19H20ClN5/c1-12(20)7-9-25-17-6-5-15(10-16(17)13(2)24-25)23-19-18-14(11-22-19)4-3-8-21-18/h3-6,8,10,12H,7,9,11H2,1-2H3,(H,22,23). The lowest BCUT2D eigenvalue weighted by Crippen LogP contribution is -2.13. The van der Waals surface area contributed by atoms with E-state index in [0.29, 0.717) is 6.54 Å². The van der Waals surface area contributed by atoms with Crippen LogP contribution in [0, 0.1) is 6.92 Å². The molecule has 0 bridgehead atoms. The molecule has 5 nitrogen and oxygen atoms in total. The summed E-state index contributed by atoms with van der Waals surface area (Å²) in [5.41, 5.74) is 5.24. The molecule has 4 rings (SSSR count). The molecule has 25 heavy (non-hydrogen) atoms. The number of nitrogens with zero attached hydrogens (tertiary/aromatic N) is 4. The fourth-order valence-electron chi connectivity index (χ4n) is 3.14. The quantitative estimate of drug-likeness (QED) is 0.717. The maximum absolute atomic E-state index is 6.08. The lowest BCUT2D eigenvalue weighted by molar-refractivity contribution is 0.588. The average molecular weight is 354 g/mol. The highest BCUT2D eigenvalue weighted by Gasteiger charge is 2.17. The molecule has 0 radical (unpaired) electrons. The summed E-state index contributed by atoms with van der Waals surface area (Å²) in [5.74, 6) is 0.830. The molecule has 3 heterocycles. The Morgan fingerprint density at radius 1 is 1.32 bits per heavy atom. The number of anilines is 1. The third-order valence-electron chi connectivity index (χ3n) is 4.46. The Kier molecular flexibility index (Phi) is 4.17. The van der Waals surface area contributed by atoms with Gasteiger partial charge < -0.3 is 5.32 Å². The van der Waals surface area contributed by atoms with Gasteiger partial charge in [0.15, 0.2) is 5.84 Å². The van der Waals surface area contributed by atoms with Gasteiger partial charge in [-0.05, 0) is 44.5 Å². The number of alkyl halides is 1. The Labute approximate surface area is 151 Å². The molecule has 0 amide bonds. The van der Waals surface area contributed by atoms with Crippen molar-refractivity contribution in [3.63, 3.8) is 0 Å². The molecule has 0 fully saturated rings. The molecule has 128 valence electrons. The fourth-order valence-corrected chi connectivity index (χ4v) is 3.24. The number of benzene rings is 1. The van der Waals surface area contributed by atoms with Gasteiger partial charge in [0.05, 0.1) is 17.8 Å². The van der Waals surface area contributed by atoms with Crippen LogP contribution in [0.1, 0.15) is 30.3 Å². The summed E-state index contributed by atoms with van der Waals surface area (Å²) in [6.07, 6.45) is 2.70. The van der Waals surface area contributed by atoms with Crippen molar-refractivity contribution in [2.24, 2.45) is 4.99 Å². The van der Waals surface area contributed by atoms with Crippen LogP contribution in [0.3, 0.4) is 0 Å². The summed E-state index contributed by atoms with van der Waals surface area (Å²) < 4.78 is 2.04. The third kappa shape index (κ3) is 3.12. The van der Waals surface area contributed by atoms with Crippen LogP contribution in [0.5, 0.6) is 0 Å². The van der Waals surface area contributed by atoms with Crippen LogP contribution in [-0.2, 0) is 13.1 Å². The van der Waals surface area contributed by atoms with Gasteiger partial charge in [0.2, 0.25) is 0 Å². The van der Waals surface area contributed by atoms with Crippen LogP contribution < -0.4 is 5.32 Å². The number of rotatable bonds is 4. The number of nitrogens with one attached hydrogen (secondary N) is 1. The number of hydrogen-bond acceptors (Lipinski definition) is 4. The molecule has 1 aliphatic heterocycles. The Morgan fingerprint density at radius 2 is 2.20 bits per heavy atom. The van der Waals surface area contributed by atoms with Gasteiger partial charge in [-0.15, -0.1) is 11.6 Å². The number of hydrogen-bond donors (Lipinski definition) is 1. The lowest BCUT2D eigenvalue weighted by Gasteiger charge is -2.08. The van der Waals surface area contributed by atoms with E-state index in [4.69, 9.17) is 11.6 Å². The number of pyridine rings is 1. The van der Waals surface area contributed by atoms with E-state index in [1.165, 1.54) is 0 Å². The molecule has 0 spiro atoms. The molecule has 6 heteroatoms. The maximum Gasteiger partial charge on any atom is 0.152 e. The number of halogens is 1. The van der Waals surface area contributed by atoms with Crippen molar-refractivity contribution in [3.8, 4) is 0 Å². The SMILES string of the molecule is Cc1nn(CCC(C)Cl)c2ccc(NC3=NCc4cccnc43)cc12. The van der Waals surface area contributed by atoms with Gasteiger partial charge >= 0.3 is 0 Å². The molecule has 1 aromatic carbocycles. The van der Waals surface area contributed by atoms with Crippen LogP contribution in [0.15, 0.2) is 41.5 Å². The smallest absolute Gasteiger partial charge is 0.152 e. The second-order valence-corrected chi connectivity index (χ2v) is 7.16. The molecule has 0 saturated heterocycles. The Bertz CT molecular complexity index is 958. The topological polar surface area (TPSA) is 55.1 Å². The van der Waals surface area contributed by atoms with E-state index in [9.17, 15) is 0 Å². The van der Waals surface area contributed by atoms with E-state index in [-0.39, 0.29) is 5.38 Å². The zero-order chi connectivity index (χ0) is 17.4. The number of fused-ring (bicyclic) bond motifs is 2. The minimum atomic E-state index is 0.147. The van der Waals surface area contributed by atoms with Gasteiger partial charge in [-0.2, -0.15) is 5.10 Å². The van der Waals surface area contributed by atoms with Crippen molar-refractivity contribution >= 4 is 34.0 Å². The van der Waals surface area contributed by atoms with Gasteiger partial charge in [0.25, 0.3) is 0 Å². The van der Waals surface area contributed by atoms with Crippen molar-refractivity contribution in [3.05, 3.63) is 53.5 Å². The van der Waals surface area contributed by atoms with E-state index < -0.39 is 0 Å². The predicted molar refractivity (Wildman–Crippen MR) is 103 cm³/mol. The normalized spacial score (nSPS) is 14.4. The minimum Gasteiger partial charge on any atom is -0.339 e. The Morgan fingerprint density at radius 3 is 3.04 bits per heavy atom. The fraction of sp³-hybridized carbons (Fsp3) is 0.316. The summed E-state index contributed by atoms with van der Waals surface area (Å²) in [6, 6.07) is 10.3. The molecule has 1 unspecified atom stereocenters. The van der Waals surface area contributed by atoms with E-state index >= 15 is 0 Å². The number of aromatic nitrogens is 3. The molecule has 3 aromatic rings. The van der Waals surface area contributed by atoms with Gasteiger partial charge in [-0.1, -0.05) is 6.07 Å². The summed E-state index contributed by atoms with van der Waals surface area (Å²) in [5, 5.41) is 9.36. The zero-order valence-electron chi connectivity index (χ0n) is 14.3. The van der Waals surface area contributed by atoms with Crippen molar-refractivity contribution in [1.82, 2.24) is 14.8 Å². The minimum absolute atomic E-state index is 0.147. The van der Waals surface area contributed by atoms with Crippen LogP contribution in [0.4, 0.5) is 5.69 Å². The van der Waals surface area contributed by atoms with Gasteiger partial charge in [0.1, 0.15) is 5.69 Å². The summed E-state index contributed by atoms with van der Waals surface area (Å²) in [4.78, 5) is 9.00. The molecule has 1 N–H and O–H groups in total. The number of amidine groups is 1. The second-order valence-electron chi connectivity index (χ2n) is 6.41. The summed E-state index contributed by atoms with van der Waals surface area (Å²) in [6.45, 7) is 5.56. The highest BCUT2D eigenvalue weighted by Crippen LogP contribution is 2.25. The van der Waals surface area contributed by atoms with Crippen molar-refractivity contribution in [1.29, 1.82) is 0 Å². The summed E-state index contributed by atoms with van der Waals surface area (Å²) >= 11 is 6.08. The second kappa shape index (κ2) is 6.48. The van der Waals surface area contributed by atoms with Crippen LogP contribution >= 0.6 is 11.6 Å². The highest BCUT2D eigenvalue weighted by atomic mass is 35.5. The Balaban J connectivity index is 1.61. The molecule has 0 aliphatic carbocycles. The Hall–Kier alpha value is -2.40. The van der Waals surface area contributed by atoms with Gasteiger partial charge in [-0.3, -0.25) is 14.7 Å². The van der Waals surface area contributed by atoms with E-state index in [1.807, 2.05) is 24.6 Å². The lowest BCUT2D eigenvalue weighted by atomic mass is 10.2. The van der Waals surface area contributed by atoms with E-state index in [0.717, 1.165) is 52.3 Å². The maximum atomic E-state index is 6.08. The first kappa shape index (κ1) is 16.1. The van der Waals surface area contributed by atoms with E-state index in [2.05, 4.69) is 44.7 Å². The first-order chi connectivity index (χ1) is 12.1. The van der Waals surface area contributed by atoms with Gasteiger partial charge in [0, 0.05) is 34.8 Å². The van der Waals surface area contributed by atoms with Crippen LogP contribution in [0.2, 0.25) is 0 Å².